The molecule has 0 bridgehead atoms. The van der Waals surface area contributed by atoms with E-state index in [2.05, 4.69) is 30.4 Å². The summed E-state index contributed by atoms with van der Waals surface area (Å²) < 4.78 is 0. The smallest absolute Gasteiger partial charge is 0.255 e. The molecule has 0 radical (unpaired) electrons. The Labute approximate surface area is 186 Å². The Morgan fingerprint density at radius 1 is 1.06 bits per heavy atom. The lowest BCUT2D eigenvalue weighted by molar-refractivity contribution is 0.0696. The molecule has 1 unspecified atom stereocenters. The number of nitrogens with one attached hydrogen (secondary N) is 1. The third-order valence-corrected chi connectivity index (χ3v) is 7.46. The van der Waals surface area contributed by atoms with E-state index in [-0.39, 0.29) is 17.9 Å². The lowest BCUT2D eigenvalue weighted by Crippen LogP contribution is -2.45. The van der Waals surface area contributed by atoms with Gasteiger partial charge < -0.3 is 10.2 Å². The van der Waals surface area contributed by atoms with E-state index in [1.54, 1.807) is 11.3 Å². The Morgan fingerprint density at radius 3 is 2.61 bits per heavy atom. The fourth-order valence-electron chi connectivity index (χ4n) is 4.79. The molecular weight excluding hydrogens is 404 g/mol. The fourth-order valence-corrected chi connectivity index (χ4v) is 5.68. The molecule has 2 aliphatic rings. The van der Waals surface area contributed by atoms with E-state index in [9.17, 15) is 9.59 Å². The van der Waals surface area contributed by atoms with Crippen LogP contribution in [0.25, 0.3) is 10.4 Å². The second-order valence-electron chi connectivity index (χ2n) is 8.80. The maximum Gasteiger partial charge on any atom is 0.255 e. The van der Waals surface area contributed by atoms with E-state index < -0.39 is 0 Å². The third kappa shape index (κ3) is 3.90. The standard InChI is InChI=1S/C26H26N2O2S/c1-16-5-3-7-18(11-16)24-21(9-10-31-24)26(30)28-15-20-13-22(20)23(28)14-27-25(29)19-8-4-6-17(2)12-19/h3-12,20,22-23H,13-15H2,1-2H3,(H,27,29)/t20-,22?,23+/m0/s1. The summed E-state index contributed by atoms with van der Waals surface area (Å²) in [4.78, 5) is 29.2. The van der Waals surface area contributed by atoms with Crippen molar-refractivity contribution < 1.29 is 9.59 Å². The predicted molar refractivity (Wildman–Crippen MR) is 124 cm³/mol. The van der Waals surface area contributed by atoms with E-state index in [0.29, 0.717) is 23.9 Å². The number of nitrogens with zero attached hydrogens (tertiary/aromatic N) is 1. The van der Waals surface area contributed by atoms with Crippen LogP contribution in [0.3, 0.4) is 0 Å². The molecule has 2 fully saturated rings. The van der Waals surface area contributed by atoms with Gasteiger partial charge in [0.05, 0.1) is 11.6 Å². The van der Waals surface area contributed by atoms with Gasteiger partial charge in [0, 0.05) is 23.5 Å². The van der Waals surface area contributed by atoms with Crippen LogP contribution in [0.4, 0.5) is 0 Å². The van der Waals surface area contributed by atoms with E-state index in [1.165, 1.54) is 5.56 Å². The first-order valence-electron chi connectivity index (χ1n) is 10.8. The molecule has 0 spiro atoms. The molecular formula is C26H26N2O2S. The van der Waals surface area contributed by atoms with Crippen molar-refractivity contribution in [2.24, 2.45) is 11.8 Å². The van der Waals surface area contributed by atoms with Crippen molar-refractivity contribution in [2.45, 2.75) is 26.3 Å². The Balaban J connectivity index is 1.33. The molecule has 1 N–H and O–H groups in total. The predicted octanol–water partition coefficient (Wildman–Crippen LogP) is 4.92. The van der Waals surface area contributed by atoms with Crippen molar-refractivity contribution in [1.29, 1.82) is 0 Å². The number of likely N-dealkylation sites (tertiary alicyclic amines) is 1. The summed E-state index contributed by atoms with van der Waals surface area (Å²) in [5, 5.41) is 5.08. The summed E-state index contributed by atoms with van der Waals surface area (Å²) in [5.41, 5.74) is 4.78. The largest absolute Gasteiger partial charge is 0.350 e. The molecule has 1 aromatic heterocycles. The van der Waals surface area contributed by atoms with Crippen LogP contribution < -0.4 is 5.32 Å². The number of hydrogen-bond donors (Lipinski definition) is 1. The van der Waals surface area contributed by atoms with Gasteiger partial charge in [-0.05, 0) is 61.2 Å². The highest BCUT2D eigenvalue weighted by atomic mass is 32.1. The minimum absolute atomic E-state index is 0.0662. The maximum atomic E-state index is 13.5. The van der Waals surface area contributed by atoms with Gasteiger partial charge in [-0.3, -0.25) is 9.59 Å². The average Bonchev–Trinajstić information content (AvgIpc) is 3.20. The number of rotatable bonds is 5. The molecule has 4 nitrogen and oxygen atoms in total. The summed E-state index contributed by atoms with van der Waals surface area (Å²) in [6.07, 6.45) is 1.16. The first kappa shape index (κ1) is 20.0. The lowest BCUT2D eigenvalue weighted by atomic mass is 10.1. The topological polar surface area (TPSA) is 49.4 Å². The molecule has 3 atom stereocenters. The van der Waals surface area contributed by atoms with Crippen LogP contribution in [0.5, 0.6) is 0 Å². The quantitative estimate of drug-likeness (QED) is 0.624. The van der Waals surface area contributed by atoms with Gasteiger partial charge in [0.1, 0.15) is 0 Å². The zero-order chi connectivity index (χ0) is 21.5. The molecule has 2 aromatic carbocycles. The number of hydrogen-bond acceptors (Lipinski definition) is 3. The van der Waals surface area contributed by atoms with Gasteiger partial charge in [-0.25, -0.2) is 0 Å². The molecule has 1 aliphatic carbocycles. The Bertz CT molecular complexity index is 1150. The molecule has 1 saturated carbocycles. The summed E-state index contributed by atoms with van der Waals surface area (Å²) in [6.45, 7) is 5.34. The van der Waals surface area contributed by atoms with Crippen LogP contribution in [-0.2, 0) is 0 Å². The first-order valence-corrected chi connectivity index (χ1v) is 11.7. The van der Waals surface area contributed by atoms with Crippen LogP contribution in [0.2, 0.25) is 0 Å². The number of carbonyl (C=O) groups excluding carboxylic acids is 2. The summed E-state index contributed by atoms with van der Waals surface area (Å²) in [6, 6.07) is 17.9. The normalized spacial score (nSPS) is 21.6. The van der Waals surface area contributed by atoms with Crippen molar-refractivity contribution in [2.75, 3.05) is 13.1 Å². The monoisotopic (exact) mass is 430 g/mol. The number of fused-ring (bicyclic) bond motifs is 1. The van der Waals surface area contributed by atoms with Gasteiger partial charge in [0.2, 0.25) is 0 Å². The van der Waals surface area contributed by atoms with Crippen molar-refractivity contribution in [3.63, 3.8) is 0 Å². The number of benzene rings is 2. The molecule has 5 rings (SSSR count). The van der Waals surface area contributed by atoms with Crippen LogP contribution in [0, 0.1) is 25.7 Å². The lowest BCUT2D eigenvalue weighted by Gasteiger charge is -2.28. The van der Waals surface area contributed by atoms with Gasteiger partial charge in [0.25, 0.3) is 11.8 Å². The summed E-state index contributed by atoms with van der Waals surface area (Å²) >= 11 is 1.61. The number of thiophene rings is 1. The van der Waals surface area contributed by atoms with Crippen LogP contribution >= 0.6 is 11.3 Å². The highest BCUT2D eigenvalue weighted by Crippen LogP contribution is 2.50. The summed E-state index contributed by atoms with van der Waals surface area (Å²) in [5.74, 6) is 1.09. The molecule has 2 heterocycles. The Morgan fingerprint density at radius 2 is 1.84 bits per heavy atom. The van der Waals surface area contributed by atoms with Crippen molar-refractivity contribution >= 4 is 23.2 Å². The van der Waals surface area contributed by atoms with Gasteiger partial charge in [-0.1, -0.05) is 47.5 Å². The molecule has 2 amide bonds. The fraction of sp³-hybridized carbons (Fsp3) is 0.308. The zero-order valence-corrected chi connectivity index (χ0v) is 18.6. The molecule has 158 valence electrons. The minimum atomic E-state index is -0.0730. The highest BCUT2D eigenvalue weighted by molar-refractivity contribution is 7.14. The van der Waals surface area contributed by atoms with Crippen molar-refractivity contribution in [1.82, 2.24) is 10.2 Å². The van der Waals surface area contributed by atoms with E-state index in [1.807, 2.05) is 53.6 Å². The summed E-state index contributed by atoms with van der Waals surface area (Å²) in [7, 11) is 0. The average molecular weight is 431 g/mol. The molecule has 1 aliphatic heterocycles. The second kappa shape index (κ2) is 7.97. The maximum absolute atomic E-state index is 13.5. The number of piperidine rings is 1. The third-order valence-electron chi connectivity index (χ3n) is 6.49. The minimum Gasteiger partial charge on any atom is -0.350 e. The molecule has 31 heavy (non-hydrogen) atoms. The Hall–Kier alpha value is -2.92. The zero-order valence-electron chi connectivity index (χ0n) is 17.8. The Kier molecular flexibility index (Phi) is 5.14. The van der Waals surface area contributed by atoms with E-state index >= 15 is 0 Å². The van der Waals surface area contributed by atoms with E-state index in [0.717, 1.165) is 34.5 Å². The van der Waals surface area contributed by atoms with Crippen molar-refractivity contribution in [3.8, 4) is 10.4 Å². The highest BCUT2D eigenvalue weighted by Gasteiger charge is 2.54. The number of amides is 2. The molecule has 1 saturated heterocycles. The SMILES string of the molecule is Cc1cccc(C(=O)NC[C@@H]2C3C[C@H]3CN2C(=O)c2ccsc2-c2cccc(C)c2)c1. The van der Waals surface area contributed by atoms with E-state index in [4.69, 9.17) is 0 Å². The molecule has 3 aromatic rings. The van der Waals surface area contributed by atoms with Gasteiger partial charge in [0.15, 0.2) is 0 Å². The molecule has 5 heteroatoms. The number of carbonyl (C=O) groups is 2. The van der Waals surface area contributed by atoms with Crippen LogP contribution in [0.15, 0.2) is 60.0 Å². The van der Waals surface area contributed by atoms with Crippen molar-refractivity contribution in [3.05, 3.63) is 82.2 Å². The second-order valence-corrected chi connectivity index (χ2v) is 9.71. The number of aryl methyl sites for hydroxylation is 2. The van der Waals surface area contributed by atoms with Crippen LogP contribution in [0.1, 0.15) is 38.3 Å². The first-order chi connectivity index (χ1) is 15.0. The van der Waals surface area contributed by atoms with Gasteiger partial charge in [-0.2, -0.15) is 0 Å². The van der Waals surface area contributed by atoms with Gasteiger partial charge >= 0.3 is 0 Å². The van der Waals surface area contributed by atoms with Crippen LogP contribution in [-0.4, -0.2) is 35.8 Å². The van der Waals surface area contributed by atoms with Gasteiger partial charge in [-0.15, -0.1) is 11.3 Å².